The second-order valence-electron chi connectivity index (χ2n) is 4.00. The Morgan fingerprint density at radius 3 is 3.00 bits per heavy atom. The average molecular weight is 295 g/mol. The summed E-state index contributed by atoms with van der Waals surface area (Å²) >= 11 is 3.38. The van der Waals surface area contributed by atoms with Crippen LogP contribution in [0.2, 0.25) is 0 Å². The number of nitrogens with one attached hydrogen (secondary N) is 1. The molecule has 1 aliphatic carbocycles. The number of aliphatic imine (C=N–C) groups is 1. The van der Waals surface area contributed by atoms with Crippen molar-refractivity contribution in [3.8, 4) is 0 Å². The SMILES string of the molecule is C/C(Br)=C\C=C(/C)C1=NC(C2=CCC=C2)ON1. The van der Waals surface area contributed by atoms with Gasteiger partial charge in [-0.3, -0.25) is 0 Å². The summed E-state index contributed by atoms with van der Waals surface area (Å²) in [6.07, 6.45) is 11.0. The normalized spacial score (nSPS) is 24.8. The van der Waals surface area contributed by atoms with Gasteiger partial charge in [-0.1, -0.05) is 46.3 Å². The van der Waals surface area contributed by atoms with Crippen molar-refractivity contribution in [2.75, 3.05) is 0 Å². The molecule has 1 atom stereocenters. The number of hydrogen-bond acceptors (Lipinski definition) is 3. The molecule has 1 N–H and O–H groups in total. The van der Waals surface area contributed by atoms with Gasteiger partial charge >= 0.3 is 0 Å². The summed E-state index contributed by atoms with van der Waals surface area (Å²) in [5.41, 5.74) is 5.04. The summed E-state index contributed by atoms with van der Waals surface area (Å²) in [5, 5.41) is 0. The van der Waals surface area contributed by atoms with Gasteiger partial charge < -0.3 is 0 Å². The first-order valence-corrected chi connectivity index (χ1v) is 6.33. The van der Waals surface area contributed by atoms with Gasteiger partial charge in [-0.15, -0.1) is 0 Å². The van der Waals surface area contributed by atoms with Gasteiger partial charge in [0.15, 0.2) is 5.84 Å². The van der Waals surface area contributed by atoms with Crippen molar-refractivity contribution in [2.45, 2.75) is 26.5 Å². The Labute approximate surface area is 110 Å². The highest BCUT2D eigenvalue weighted by Crippen LogP contribution is 2.20. The molecule has 17 heavy (non-hydrogen) atoms. The standard InChI is InChI=1S/C13H15BrN2O/c1-9(7-8-10(2)14)12-15-13(17-16-12)11-5-3-4-6-11/h3,5-8,13H,4H2,1-2H3,(H,15,16)/b9-7+,10-8+. The molecule has 3 nitrogen and oxygen atoms in total. The van der Waals surface area contributed by atoms with Gasteiger partial charge in [-0.25, -0.2) is 15.3 Å². The smallest absolute Gasteiger partial charge is 0.202 e. The summed E-state index contributed by atoms with van der Waals surface area (Å²) < 4.78 is 1.08. The van der Waals surface area contributed by atoms with E-state index in [-0.39, 0.29) is 6.23 Å². The molecule has 0 aromatic heterocycles. The third kappa shape index (κ3) is 3.17. The quantitative estimate of drug-likeness (QED) is 0.810. The minimum atomic E-state index is -0.207. The monoisotopic (exact) mass is 294 g/mol. The van der Waals surface area contributed by atoms with E-state index in [9.17, 15) is 0 Å². The molecular weight excluding hydrogens is 280 g/mol. The van der Waals surface area contributed by atoms with Crippen LogP contribution in [0.15, 0.2) is 51.0 Å². The summed E-state index contributed by atoms with van der Waals surface area (Å²) in [7, 11) is 0. The molecule has 0 bridgehead atoms. The van der Waals surface area contributed by atoms with Crippen molar-refractivity contribution in [1.82, 2.24) is 5.48 Å². The second-order valence-corrected chi connectivity index (χ2v) is 5.25. The highest BCUT2D eigenvalue weighted by molar-refractivity contribution is 9.11. The molecule has 2 rings (SSSR count). The van der Waals surface area contributed by atoms with Crippen LogP contribution in [0.4, 0.5) is 0 Å². The summed E-state index contributed by atoms with van der Waals surface area (Å²) in [4.78, 5) is 9.93. The van der Waals surface area contributed by atoms with E-state index in [0.717, 1.165) is 27.9 Å². The number of hydrogen-bond donors (Lipinski definition) is 1. The Bertz CT molecular complexity index is 454. The fourth-order valence-electron chi connectivity index (χ4n) is 1.58. The zero-order chi connectivity index (χ0) is 12.3. The zero-order valence-electron chi connectivity index (χ0n) is 9.90. The molecule has 0 saturated carbocycles. The molecule has 0 radical (unpaired) electrons. The van der Waals surface area contributed by atoms with Gasteiger partial charge in [0.25, 0.3) is 0 Å². The van der Waals surface area contributed by atoms with Crippen molar-refractivity contribution in [3.63, 3.8) is 0 Å². The molecule has 0 saturated heterocycles. The van der Waals surface area contributed by atoms with E-state index in [1.807, 2.05) is 26.0 Å². The highest BCUT2D eigenvalue weighted by Gasteiger charge is 2.21. The van der Waals surface area contributed by atoms with Crippen molar-refractivity contribution in [1.29, 1.82) is 0 Å². The predicted molar refractivity (Wildman–Crippen MR) is 73.7 cm³/mol. The summed E-state index contributed by atoms with van der Waals surface area (Å²) in [5.74, 6) is 0.793. The molecule has 1 aliphatic heterocycles. The van der Waals surface area contributed by atoms with Gasteiger partial charge in [-0.05, 0) is 30.3 Å². The van der Waals surface area contributed by atoms with Crippen molar-refractivity contribution < 1.29 is 4.84 Å². The second kappa shape index (κ2) is 5.47. The molecule has 4 heteroatoms. The minimum Gasteiger partial charge on any atom is -0.246 e. The third-order valence-corrected chi connectivity index (χ3v) is 2.80. The van der Waals surface area contributed by atoms with Gasteiger partial charge in [0.2, 0.25) is 6.23 Å². The number of allylic oxidation sites excluding steroid dienone is 5. The lowest BCUT2D eigenvalue weighted by Gasteiger charge is -2.03. The molecule has 90 valence electrons. The third-order valence-electron chi connectivity index (χ3n) is 2.54. The first-order valence-electron chi connectivity index (χ1n) is 5.54. The van der Waals surface area contributed by atoms with Crippen LogP contribution in [-0.4, -0.2) is 12.1 Å². The number of rotatable bonds is 3. The van der Waals surface area contributed by atoms with Crippen molar-refractivity contribution in [3.05, 3.63) is 46.0 Å². The van der Waals surface area contributed by atoms with Crippen LogP contribution >= 0.6 is 15.9 Å². The molecule has 1 heterocycles. The van der Waals surface area contributed by atoms with E-state index < -0.39 is 0 Å². The Morgan fingerprint density at radius 2 is 2.35 bits per heavy atom. The first kappa shape index (κ1) is 12.3. The lowest BCUT2D eigenvalue weighted by Crippen LogP contribution is -2.19. The Morgan fingerprint density at radius 1 is 1.53 bits per heavy atom. The molecule has 0 fully saturated rings. The van der Waals surface area contributed by atoms with Crippen LogP contribution in [-0.2, 0) is 4.84 Å². The van der Waals surface area contributed by atoms with Crippen LogP contribution in [0, 0.1) is 0 Å². The molecule has 1 unspecified atom stereocenters. The van der Waals surface area contributed by atoms with E-state index >= 15 is 0 Å². The van der Waals surface area contributed by atoms with Crippen molar-refractivity contribution >= 4 is 21.8 Å². The maximum Gasteiger partial charge on any atom is 0.202 e. The lowest BCUT2D eigenvalue weighted by molar-refractivity contribution is 0.0628. The van der Waals surface area contributed by atoms with Gasteiger partial charge in [0, 0.05) is 5.57 Å². The van der Waals surface area contributed by atoms with Crippen LogP contribution in [0.1, 0.15) is 20.3 Å². The van der Waals surface area contributed by atoms with Gasteiger partial charge in [0.1, 0.15) is 0 Å². The van der Waals surface area contributed by atoms with Gasteiger partial charge in [0.05, 0.1) is 0 Å². The minimum absolute atomic E-state index is 0.207. The topological polar surface area (TPSA) is 33.6 Å². The zero-order valence-corrected chi connectivity index (χ0v) is 11.5. The number of amidine groups is 1. The molecular formula is C13H15BrN2O. The molecule has 0 amide bonds. The number of nitrogens with zero attached hydrogens (tertiary/aromatic N) is 1. The highest BCUT2D eigenvalue weighted by atomic mass is 79.9. The van der Waals surface area contributed by atoms with Crippen LogP contribution in [0.25, 0.3) is 0 Å². The lowest BCUT2D eigenvalue weighted by atomic mass is 10.2. The molecule has 0 aromatic rings. The fraction of sp³-hybridized carbons (Fsp3) is 0.308. The van der Waals surface area contributed by atoms with E-state index in [1.54, 1.807) is 0 Å². The van der Waals surface area contributed by atoms with Gasteiger partial charge in [-0.2, -0.15) is 0 Å². The molecule has 0 spiro atoms. The fourth-order valence-corrected chi connectivity index (χ4v) is 1.72. The predicted octanol–water partition coefficient (Wildman–Crippen LogP) is 3.38. The van der Waals surface area contributed by atoms with E-state index in [0.29, 0.717) is 0 Å². The van der Waals surface area contributed by atoms with E-state index in [1.165, 1.54) is 0 Å². The van der Waals surface area contributed by atoms with Crippen LogP contribution < -0.4 is 5.48 Å². The van der Waals surface area contributed by atoms with Crippen LogP contribution in [0.5, 0.6) is 0 Å². The Hall–Kier alpha value is -1.13. The maximum absolute atomic E-state index is 5.43. The number of hydroxylamine groups is 1. The Kier molecular flexibility index (Phi) is 3.97. The maximum atomic E-state index is 5.43. The molecule has 2 aliphatic rings. The van der Waals surface area contributed by atoms with E-state index in [4.69, 9.17) is 4.84 Å². The van der Waals surface area contributed by atoms with E-state index in [2.05, 4.69) is 44.6 Å². The number of halogens is 1. The first-order chi connectivity index (χ1) is 8.16. The Balaban J connectivity index is 2.08. The summed E-state index contributed by atoms with van der Waals surface area (Å²) in [6, 6.07) is 0. The largest absolute Gasteiger partial charge is 0.246 e. The summed E-state index contributed by atoms with van der Waals surface area (Å²) in [6.45, 7) is 3.99. The van der Waals surface area contributed by atoms with Crippen LogP contribution in [0.3, 0.4) is 0 Å². The molecule has 0 aromatic carbocycles. The van der Waals surface area contributed by atoms with Crippen molar-refractivity contribution in [2.24, 2.45) is 4.99 Å². The average Bonchev–Trinajstić information content (AvgIpc) is 2.94.